The van der Waals surface area contributed by atoms with Crippen LogP contribution < -0.4 is 20.1 Å². The summed E-state index contributed by atoms with van der Waals surface area (Å²) in [7, 11) is -1.28. The second-order valence-corrected chi connectivity index (χ2v) is 9.48. The Hall–Kier alpha value is -3.48. The largest absolute Gasteiger partial charge is 0.479 e. The number of anilines is 3. The van der Waals surface area contributed by atoms with Crippen molar-refractivity contribution in [2.24, 2.45) is 0 Å². The minimum absolute atomic E-state index is 0.0796. The van der Waals surface area contributed by atoms with Crippen molar-refractivity contribution < 1.29 is 31.3 Å². The number of hydrogen-bond acceptors (Lipinski definition) is 6. The number of nitrogens with one attached hydrogen (secondary N) is 3. The SMILES string of the molecule is C[C@@H](Oc1cc(F)ccc1Nc1ncnc2cc(NS(C)=O)cc(C3CC3)c12)C(=O)NCC(F)(F)F. The van der Waals surface area contributed by atoms with E-state index in [9.17, 15) is 26.6 Å². The standard InChI is InChI=1S/C23H23F4N5O3S/c1-12(22(33)28-10-23(25,26)27)35-19-7-14(24)5-6-17(19)31-21-20-16(13-3-4-13)8-15(32-36(2)34)9-18(20)29-11-30-21/h5-9,11-13,32H,3-4,10H2,1-2H3,(H,28,33)(H,29,30,31)/t12-,36?/m1/s1. The van der Waals surface area contributed by atoms with Gasteiger partial charge in [0, 0.05) is 23.4 Å². The summed E-state index contributed by atoms with van der Waals surface area (Å²) in [4.78, 5) is 20.7. The number of alkyl halides is 3. The van der Waals surface area contributed by atoms with Crippen LogP contribution in [0.25, 0.3) is 10.9 Å². The number of benzene rings is 2. The Morgan fingerprint density at radius 3 is 2.64 bits per heavy atom. The number of rotatable bonds is 9. The molecule has 1 unspecified atom stereocenters. The Bertz CT molecular complexity index is 1320. The van der Waals surface area contributed by atoms with Gasteiger partial charge >= 0.3 is 6.18 Å². The topological polar surface area (TPSA) is 105 Å². The number of nitrogens with zero attached hydrogens (tertiary/aromatic N) is 2. The molecule has 2 atom stereocenters. The van der Waals surface area contributed by atoms with Crippen LogP contribution in [-0.4, -0.2) is 45.2 Å². The van der Waals surface area contributed by atoms with Gasteiger partial charge in [-0.1, -0.05) is 0 Å². The third kappa shape index (κ3) is 6.39. The van der Waals surface area contributed by atoms with Crippen molar-refractivity contribution in [3.05, 3.63) is 48.0 Å². The Morgan fingerprint density at radius 1 is 1.22 bits per heavy atom. The second-order valence-electron chi connectivity index (χ2n) is 8.37. The van der Waals surface area contributed by atoms with Gasteiger partial charge in [0.25, 0.3) is 5.91 Å². The number of carbonyl (C=O) groups excluding carboxylic acids is 1. The van der Waals surface area contributed by atoms with Crippen LogP contribution in [0.2, 0.25) is 0 Å². The van der Waals surface area contributed by atoms with Crippen molar-refractivity contribution in [3.8, 4) is 5.75 Å². The first-order chi connectivity index (χ1) is 17.0. The number of ether oxygens (including phenoxy) is 1. The zero-order valence-electron chi connectivity index (χ0n) is 19.3. The highest BCUT2D eigenvalue weighted by molar-refractivity contribution is 7.85. The van der Waals surface area contributed by atoms with Crippen LogP contribution >= 0.6 is 0 Å². The molecule has 0 saturated heterocycles. The molecule has 1 aliphatic carbocycles. The van der Waals surface area contributed by atoms with E-state index in [1.807, 2.05) is 6.07 Å². The Balaban J connectivity index is 1.65. The summed E-state index contributed by atoms with van der Waals surface area (Å²) < 4.78 is 71.4. The van der Waals surface area contributed by atoms with Crippen molar-refractivity contribution in [3.63, 3.8) is 0 Å². The fourth-order valence-corrected chi connectivity index (χ4v) is 4.11. The van der Waals surface area contributed by atoms with Gasteiger partial charge in [-0.05, 0) is 55.5 Å². The Morgan fingerprint density at radius 2 is 1.97 bits per heavy atom. The van der Waals surface area contributed by atoms with Crippen LogP contribution in [-0.2, 0) is 15.8 Å². The number of amides is 1. The van der Waals surface area contributed by atoms with E-state index in [1.54, 1.807) is 11.4 Å². The maximum absolute atomic E-state index is 14.0. The average Bonchev–Trinajstić information content (AvgIpc) is 3.63. The summed E-state index contributed by atoms with van der Waals surface area (Å²) in [6.45, 7) is -0.245. The molecule has 1 fully saturated rings. The summed E-state index contributed by atoms with van der Waals surface area (Å²) in [5.41, 5.74) is 2.45. The van der Waals surface area contributed by atoms with Crippen LogP contribution in [0, 0.1) is 5.82 Å². The van der Waals surface area contributed by atoms with Crippen molar-refractivity contribution in [2.75, 3.05) is 22.8 Å². The number of carbonyl (C=O) groups is 1. The lowest BCUT2D eigenvalue weighted by Gasteiger charge is -2.19. The predicted octanol–water partition coefficient (Wildman–Crippen LogP) is 4.54. The van der Waals surface area contributed by atoms with Gasteiger partial charge in [0.1, 0.15) is 41.2 Å². The molecule has 1 amide bonds. The molecule has 192 valence electrons. The first-order valence-corrected chi connectivity index (χ1v) is 12.5. The normalized spacial score (nSPS) is 15.3. The molecular formula is C23H23F4N5O3S. The van der Waals surface area contributed by atoms with Gasteiger partial charge in [0.15, 0.2) is 6.10 Å². The minimum Gasteiger partial charge on any atom is -0.479 e. The summed E-state index contributed by atoms with van der Waals surface area (Å²) in [5.74, 6) is -1.07. The highest BCUT2D eigenvalue weighted by atomic mass is 32.2. The Kier molecular flexibility index (Phi) is 7.29. The van der Waals surface area contributed by atoms with Crippen LogP contribution in [0.15, 0.2) is 36.7 Å². The number of aromatic nitrogens is 2. The molecule has 1 aliphatic rings. The third-order valence-electron chi connectivity index (χ3n) is 5.38. The molecular weight excluding hydrogens is 502 g/mol. The first-order valence-electron chi connectivity index (χ1n) is 11.0. The molecule has 8 nitrogen and oxygen atoms in total. The summed E-state index contributed by atoms with van der Waals surface area (Å²) in [6, 6.07) is 7.22. The molecule has 4 rings (SSSR count). The maximum Gasteiger partial charge on any atom is 0.405 e. The van der Waals surface area contributed by atoms with E-state index < -0.39 is 41.5 Å². The van der Waals surface area contributed by atoms with Gasteiger partial charge in [0.2, 0.25) is 0 Å². The smallest absolute Gasteiger partial charge is 0.405 e. The summed E-state index contributed by atoms with van der Waals surface area (Å²) >= 11 is 0. The molecule has 0 bridgehead atoms. The third-order valence-corrected chi connectivity index (χ3v) is 5.90. The molecule has 3 aromatic rings. The molecule has 0 aliphatic heterocycles. The van der Waals surface area contributed by atoms with E-state index in [4.69, 9.17) is 4.74 Å². The van der Waals surface area contributed by atoms with Crippen LogP contribution in [0.3, 0.4) is 0 Å². The number of halogens is 4. The molecule has 1 heterocycles. The zero-order valence-corrected chi connectivity index (χ0v) is 20.1. The zero-order chi connectivity index (χ0) is 26.0. The van der Waals surface area contributed by atoms with E-state index in [0.29, 0.717) is 17.0 Å². The quantitative estimate of drug-likeness (QED) is 0.355. The molecule has 36 heavy (non-hydrogen) atoms. The van der Waals surface area contributed by atoms with Crippen molar-refractivity contribution in [2.45, 2.75) is 38.0 Å². The lowest BCUT2D eigenvalue weighted by molar-refractivity contribution is -0.142. The lowest BCUT2D eigenvalue weighted by Crippen LogP contribution is -2.41. The summed E-state index contributed by atoms with van der Waals surface area (Å²) in [6.07, 6.45) is -1.10. The van der Waals surface area contributed by atoms with Gasteiger partial charge in [-0.15, -0.1) is 0 Å². The van der Waals surface area contributed by atoms with Gasteiger partial charge in [-0.25, -0.2) is 18.6 Å². The van der Waals surface area contributed by atoms with Gasteiger partial charge in [0.05, 0.1) is 11.2 Å². The first kappa shape index (κ1) is 25.6. The highest BCUT2D eigenvalue weighted by Crippen LogP contribution is 2.46. The van der Waals surface area contributed by atoms with E-state index in [0.717, 1.165) is 29.9 Å². The minimum atomic E-state index is -4.57. The fourth-order valence-electron chi connectivity index (χ4n) is 3.66. The van der Waals surface area contributed by atoms with Crippen LogP contribution in [0.1, 0.15) is 31.2 Å². The molecule has 0 spiro atoms. The van der Waals surface area contributed by atoms with Crippen molar-refractivity contribution in [1.82, 2.24) is 15.3 Å². The number of fused-ring (bicyclic) bond motifs is 1. The van der Waals surface area contributed by atoms with E-state index >= 15 is 0 Å². The van der Waals surface area contributed by atoms with Crippen LogP contribution in [0.4, 0.5) is 34.8 Å². The second kappa shape index (κ2) is 10.2. The lowest BCUT2D eigenvalue weighted by atomic mass is 10.0. The molecule has 0 radical (unpaired) electrons. The highest BCUT2D eigenvalue weighted by Gasteiger charge is 2.30. The van der Waals surface area contributed by atoms with E-state index in [2.05, 4.69) is 20.0 Å². The molecule has 2 aromatic carbocycles. The van der Waals surface area contributed by atoms with E-state index in [1.165, 1.54) is 31.6 Å². The van der Waals surface area contributed by atoms with Gasteiger partial charge in [-0.2, -0.15) is 13.2 Å². The fraction of sp³-hybridized carbons (Fsp3) is 0.348. The molecule has 13 heteroatoms. The molecule has 3 N–H and O–H groups in total. The van der Waals surface area contributed by atoms with Gasteiger partial charge in [-0.3, -0.25) is 4.79 Å². The van der Waals surface area contributed by atoms with Gasteiger partial charge < -0.3 is 20.1 Å². The average molecular weight is 526 g/mol. The monoisotopic (exact) mass is 525 g/mol. The summed E-state index contributed by atoms with van der Waals surface area (Å²) in [5, 5.41) is 5.56. The van der Waals surface area contributed by atoms with Crippen molar-refractivity contribution in [1.29, 1.82) is 0 Å². The maximum atomic E-state index is 14.0. The number of hydrogen-bond donors (Lipinski definition) is 3. The Labute approximate surface area is 206 Å². The van der Waals surface area contributed by atoms with Crippen LogP contribution in [0.5, 0.6) is 5.75 Å². The van der Waals surface area contributed by atoms with Crippen molar-refractivity contribution >= 4 is 45.0 Å². The molecule has 1 aromatic heterocycles. The molecule has 1 saturated carbocycles. The van der Waals surface area contributed by atoms with E-state index in [-0.39, 0.29) is 17.4 Å². The predicted molar refractivity (Wildman–Crippen MR) is 128 cm³/mol.